The summed E-state index contributed by atoms with van der Waals surface area (Å²) in [5.74, 6) is -0.347. The number of hydrogen-bond acceptors (Lipinski definition) is 4. The number of carbonyl (C=O) groups is 1. The molecule has 1 saturated heterocycles. The molecule has 0 radical (unpaired) electrons. The van der Waals surface area contributed by atoms with E-state index in [9.17, 15) is 13.2 Å². The molecule has 0 saturated carbocycles. The molecule has 0 spiro atoms. The lowest BCUT2D eigenvalue weighted by Crippen LogP contribution is -2.49. The van der Waals surface area contributed by atoms with Gasteiger partial charge in [-0.2, -0.15) is 0 Å². The maximum Gasteiger partial charge on any atom is 0.223 e. The molecule has 1 heterocycles. The highest BCUT2D eigenvalue weighted by atomic mass is 35.5. The van der Waals surface area contributed by atoms with Crippen LogP contribution in [0.3, 0.4) is 0 Å². The van der Waals surface area contributed by atoms with Gasteiger partial charge in [-0.1, -0.05) is 29.3 Å². The molecule has 5 nitrogen and oxygen atoms in total. The van der Waals surface area contributed by atoms with Crippen molar-refractivity contribution >= 4 is 44.6 Å². The lowest BCUT2D eigenvalue weighted by Gasteiger charge is -2.36. The van der Waals surface area contributed by atoms with Crippen LogP contribution >= 0.6 is 23.2 Å². The number of hydrogen-bond donors (Lipinski definition) is 0. The number of rotatable bonds is 5. The van der Waals surface area contributed by atoms with Crippen LogP contribution in [0.4, 0.5) is 5.69 Å². The molecule has 3 rings (SSSR count). The number of carbonyl (C=O) groups excluding carboxylic acids is 1. The Morgan fingerprint density at radius 3 is 2.22 bits per heavy atom. The molecule has 1 aliphatic heterocycles. The molecular formula is C19H20Cl2N2O3S. The first-order valence-electron chi connectivity index (χ1n) is 8.62. The monoisotopic (exact) mass is 426 g/mol. The van der Waals surface area contributed by atoms with E-state index in [2.05, 4.69) is 4.90 Å². The predicted molar refractivity (Wildman–Crippen MR) is 108 cm³/mol. The molecule has 8 heteroatoms. The third-order valence-electron chi connectivity index (χ3n) is 4.56. The number of nitrogens with zero attached hydrogens (tertiary/aromatic N) is 2. The third kappa shape index (κ3) is 5.15. The molecule has 27 heavy (non-hydrogen) atoms. The lowest BCUT2D eigenvalue weighted by molar-refractivity contribution is -0.131. The summed E-state index contributed by atoms with van der Waals surface area (Å²) in [4.78, 5) is 16.5. The van der Waals surface area contributed by atoms with E-state index in [0.29, 0.717) is 36.2 Å². The standard InChI is InChI=1S/C19H20Cl2N2O3S/c20-15-4-6-18(7-5-15)27(25,26)13-8-19(24)23-11-9-22(10-12-23)17-3-1-2-16(21)14-17/h1-7,14H,8-13H2. The van der Waals surface area contributed by atoms with Crippen molar-refractivity contribution in [1.82, 2.24) is 4.90 Å². The van der Waals surface area contributed by atoms with E-state index in [1.165, 1.54) is 24.3 Å². The minimum Gasteiger partial charge on any atom is -0.368 e. The second-order valence-electron chi connectivity index (χ2n) is 6.37. The van der Waals surface area contributed by atoms with Crippen molar-refractivity contribution in [3.8, 4) is 0 Å². The van der Waals surface area contributed by atoms with Crippen molar-refractivity contribution in [2.75, 3.05) is 36.8 Å². The Bertz CT molecular complexity index is 909. The molecule has 0 N–H and O–H groups in total. The van der Waals surface area contributed by atoms with E-state index < -0.39 is 9.84 Å². The zero-order valence-electron chi connectivity index (χ0n) is 14.6. The number of anilines is 1. The molecule has 1 amide bonds. The first-order valence-corrected chi connectivity index (χ1v) is 11.0. The van der Waals surface area contributed by atoms with E-state index in [1.54, 1.807) is 4.90 Å². The Morgan fingerprint density at radius 1 is 0.926 bits per heavy atom. The molecule has 0 aromatic heterocycles. The summed E-state index contributed by atoms with van der Waals surface area (Å²) < 4.78 is 24.7. The fourth-order valence-corrected chi connectivity index (χ4v) is 4.57. The second-order valence-corrected chi connectivity index (χ2v) is 9.35. The van der Waals surface area contributed by atoms with Gasteiger partial charge in [0, 0.05) is 48.3 Å². The van der Waals surface area contributed by atoms with Gasteiger partial charge in [0.1, 0.15) is 0 Å². The van der Waals surface area contributed by atoms with Gasteiger partial charge in [0.05, 0.1) is 10.6 Å². The molecule has 2 aromatic rings. The first kappa shape index (κ1) is 20.0. The number of piperazine rings is 1. The molecule has 0 unspecified atom stereocenters. The molecule has 0 atom stereocenters. The van der Waals surface area contributed by atoms with Gasteiger partial charge in [-0.25, -0.2) is 8.42 Å². The van der Waals surface area contributed by atoms with Crippen LogP contribution in [-0.2, 0) is 14.6 Å². The van der Waals surface area contributed by atoms with Crippen LogP contribution in [0.25, 0.3) is 0 Å². The van der Waals surface area contributed by atoms with Crippen molar-refractivity contribution in [2.45, 2.75) is 11.3 Å². The highest BCUT2D eigenvalue weighted by molar-refractivity contribution is 7.91. The predicted octanol–water partition coefficient (Wildman–Crippen LogP) is 3.51. The highest BCUT2D eigenvalue weighted by Gasteiger charge is 2.23. The molecule has 0 bridgehead atoms. The van der Waals surface area contributed by atoms with Gasteiger partial charge >= 0.3 is 0 Å². The largest absolute Gasteiger partial charge is 0.368 e. The van der Waals surface area contributed by atoms with Crippen LogP contribution in [0.5, 0.6) is 0 Å². The molecule has 1 fully saturated rings. The topological polar surface area (TPSA) is 57.7 Å². The maximum atomic E-state index is 12.4. The Hall–Kier alpha value is -1.76. The molecule has 144 valence electrons. The van der Waals surface area contributed by atoms with Gasteiger partial charge in [0.2, 0.25) is 5.91 Å². The van der Waals surface area contributed by atoms with Gasteiger partial charge in [-0.3, -0.25) is 4.79 Å². The van der Waals surface area contributed by atoms with E-state index in [-0.39, 0.29) is 23.0 Å². The van der Waals surface area contributed by atoms with Crippen molar-refractivity contribution < 1.29 is 13.2 Å². The van der Waals surface area contributed by atoms with Crippen molar-refractivity contribution in [2.24, 2.45) is 0 Å². The number of sulfone groups is 1. The number of benzene rings is 2. The SMILES string of the molecule is O=C(CCS(=O)(=O)c1ccc(Cl)cc1)N1CCN(c2cccc(Cl)c2)CC1. The third-order valence-corrected chi connectivity index (χ3v) is 6.78. The number of amides is 1. The summed E-state index contributed by atoms with van der Waals surface area (Å²) in [6.45, 7) is 2.50. The highest BCUT2D eigenvalue weighted by Crippen LogP contribution is 2.21. The summed E-state index contributed by atoms with van der Waals surface area (Å²) in [7, 11) is -3.50. The van der Waals surface area contributed by atoms with Gasteiger partial charge < -0.3 is 9.80 Å². The quantitative estimate of drug-likeness (QED) is 0.733. The second kappa shape index (κ2) is 8.50. The zero-order chi connectivity index (χ0) is 19.4. The average molecular weight is 427 g/mol. The molecule has 1 aliphatic rings. The van der Waals surface area contributed by atoms with E-state index in [1.807, 2.05) is 24.3 Å². The summed E-state index contributed by atoms with van der Waals surface area (Å²) in [6, 6.07) is 13.6. The van der Waals surface area contributed by atoms with Crippen molar-refractivity contribution in [3.63, 3.8) is 0 Å². The van der Waals surface area contributed by atoms with Gasteiger partial charge in [-0.15, -0.1) is 0 Å². The Kier molecular flexibility index (Phi) is 6.29. The minimum atomic E-state index is -3.50. The van der Waals surface area contributed by atoms with Crippen LogP contribution in [0.15, 0.2) is 53.4 Å². The van der Waals surface area contributed by atoms with Crippen LogP contribution < -0.4 is 4.90 Å². The minimum absolute atomic E-state index is 0.0257. The molecular weight excluding hydrogens is 407 g/mol. The Labute approximate surface area is 169 Å². The van der Waals surface area contributed by atoms with Crippen LogP contribution in [-0.4, -0.2) is 51.2 Å². The van der Waals surface area contributed by atoms with E-state index >= 15 is 0 Å². The van der Waals surface area contributed by atoms with Crippen LogP contribution in [0.2, 0.25) is 10.0 Å². The molecule has 2 aromatic carbocycles. The fourth-order valence-electron chi connectivity index (χ4n) is 3.03. The number of halogens is 2. The summed E-state index contributed by atoms with van der Waals surface area (Å²) in [5, 5.41) is 1.15. The summed E-state index contributed by atoms with van der Waals surface area (Å²) >= 11 is 11.8. The average Bonchev–Trinajstić information content (AvgIpc) is 2.67. The van der Waals surface area contributed by atoms with Crippen molar-refractivity contribution in [3.05, 3.63) is 58.6 Å². The van der Waals surface area contributed by atoms with Crippen LogP contribution in [0, 0.1) is 0 Å². The first-order chi connectivity index (χ1) is 12.8. The van der Waals surface area contributed by atoms with Crippen molar-refractivity contribution in [1.29, 1.82) is 0 Å². The van der Waals surface area contributed by atoms with Crippen LogP contribution in [0.1, 0.15) is 6.42 Å². The summed E-state index contributed by atoms with van der Waals surface area (Å²) in [6.07, 6.45) is -0.0257. The lowest BCUT2D eigenvalue weighted by atomic mass is 10.2. The maximum absolute atomic E-state index is 12.4. The fraction of sp³-hybridized carbons (Fsp3) is 0.316. The Balaban J connectivity index is 1.53. The summed E-state index contributed by atoms with van der Waals surface area (Å²) in [5.41, 5.74) is 1.03. The van der Waals surface area contributed by atoms with Gasteiger partial charge in [0.15, 0.2) is 9.84 Å². The molecule has 0 aliphatic carbocycles. The smallest absolute Gasteiger partial charge is 0.223 e. The Morgan fingerprint density at radius 2 is 1.59 bits per heavy atom. The zero-order valence-corrected chi connectivity index (χ0v) is 17.0. The van der Waals surface area contributed by atoms with E-state index in [0.717, 1.165) is 5.69 Å². The normalized spacial score (nSPS) is 15.0. The van der Waals surface area contributed by atoms with Gasteiger partial charge in [-0.05, 0) is 42.5 Å². The van der Waals surface area contributed by atoms with Gasteiger partial charge in [0.25, 0.3) is 0 Å². The van der Waals surface area contributed by atoms with E-state index in [4.69, 9.17) is 23.2 Å².